The second kappa shape index (κ2) is 3.81. The second-order valence-corrected chi connectivity index (χ2v) is 4.85. The first-order valence-corrected chi connectivity index (χ1v) is 4.95. The summed E-state index contributed by atoms with van der Waals surface area (Å²) in [6.45, 7) is 7.11. The van der Waals surface area contributed by atoms with Crippen molar-refractivity contribution in [2.24, 2.45) is 5.92 Å². The molecule has 15 heavy (non-hydrogen) atoms. The third-order valence-corrected chi connectivity index (χ3v) is 2.14. The van der Waals surface area contributed by atoms with Crippen LogP contribution in [0.4, 0.5) is 4.79 Å². The summed E-state index contributed by atoms with van der Waals surface area (Å²) in [5.41, 5.74) is -0.631. The average molecular weight is 215 g/mol. The van der Waals surface area contributed by atoms with Crippen LogP contribution in [0.2, 0.25) is 0 Å². The largest absolute Gasteiger partial charge is 0.443 e. The Morgan fingerprint density at radius 3 is 2.40 bits per heavy atom. The summed E-state index contributed by atoms with van der Waals surface area (Å²) in [7, 11) is 0. The second-order valence-electron chi connectivity index (χ2n) is 4.85. The van der Waals surface area contributed by atoms with Gasteiger partial charge < -0.3 is 9.84 Å². The van der Waals surface area contributed by atoms with Crippen LogP contribution in [0.25, 0.3) is 0 Å². The Kier molecular flexibility index (Phi) is 3.04. The van der Waals surface area contributed by atoms with E-state index in [0.29, 0.717) is 0 Å². The van der Waals surface area contributed by atoms with Gasteiger partial charge in [-0.2, -0.15) is 0 Å². The zero-order valence-electron chi connectivity index (χ0n) is 9.48. The maximum atomic E-state index is 11.5. The average Bonchev–Trinajstić information content (AvgIpc) is 2.30. The predicted molar refractivity (Wildman–Crippen MR) is 53.1 cm³/mol. The molecule has 0 bridgehead atoms. The van der Waals surface area contributed by atoms with E-state index >= 15 is 0 Å². The summed E-state index contributed by atoms with van der Waals surface area (Å²) >= 11 is 0. The topological polar surface area (TPSA) is 66.8 Å². The van der Waals surface area contributed by atoms with Gasteiger partial charge in [-0.15, -0.1) is 0 Å². The van der Waals surface area contributed by atoms with Crippen LogP contribution in [0.15, 0.2) is 0 Å². The highest BCUT2D eigenvalue weighted by Crippen LogP contribution is 2.20. The summed E-state index contributed by atoms with van der Waals surface area (Å²) in [4.78, 5) is 23.9. The highest BCUT2D eigenvalue weighted by atomic mass is 16.6. The van der Waals surface area contributed by atoms with E-state index in [4.69, 9.17) is 4.74 Å². The molecule has 0 radical (unpaired) electrons. The van der Waals surface area contributed by atoms with Gasteiger partial charge in [-0.3, -0.25) is 4.79 Å². The van der Waals surface area contributed by atoms with Crippen LogP contribution >= 0.6 is 0 Å². The van der Waals surface area contributed by atoms with Crippen molar-refractivity contribution >= 4 is 12.0 Å². The number of imide groups is 1. The van der Waals surface area contributed by atoms with Gasteiger partial charge in [0.25, 0.3) is 5.91 Å². The SMILES string of the molecule is CC1CN(C(=O)OC(C)(C)C)C(=O)C1O. The summed E-state index contributed by atoms with van der Waals surface area (Å²) in [6, 6.07) is 0. The van der Waals surface area contributed by atoms with E-state index in [1.165, 1.54) is 0 Å². The van der Waals surface area contributed by atoms with Crippen molar-refractivity contribution in [2.45, 2.75) is 39.4 Å². The molecule has 0 aliphatic carbocycles. The van der Waals surface area contributed by atoms with Crippen molar-refractivity contribution in [1.82, 2.24) is 4.90 Å². The van der Waals surface area contributed by atoms with Crippen LogP contribution < -0.4 is 0 Å². The fraction of sp³-hybridized carbons (Fsp3) is 0.800. The van der Waals surface area contributed by atoms with Crippen molar-refractivity contribution in [3.63, 3.8) is 0 Å². The van der Waals surface area contributed by atoms with Crippen LogP contribution in [-0.4, -0.2) is 40.3 Å². The highest BCUT2D eigenvalue weighted by Gasteiger charge is 2.41. The van der Waals surface area contributed by atoms with Gasteiger partial charge in [0, 0.05) is 12.5 Å². The fourth-order valence-corrected chi connectivity index (χ4v) is 1.36. The van der Waals surface area contributed by atoms with Gasteiger partial charge in [-0.25, -0.2) is 9.69 Å². The lowest BCUT2D eigenvalue weighted by Gasteiger charge is -2.23. The molecular formula is C10H17NO4. The van der Waals surface area contributed by atoms with Crippen LogP contribution in [0.5, 0.6) is 0 Å². The summed E-state index contributed by atoms with van der Waals surface area (Å²) in [6.07, 6.45) is -1.77. The molecule has 1 aliphatic heterocycles. The van der Waals surface area contributed by atoms with Crippen LogP contribution in [0.3, 0.4) is 0 Å². The summed E-state index contributed by atoms with van der Waals surface area (Å²) in [5, 5.41) is 9.38. The predicted octanol–water partition coefficient (Wildman–Crippen LogP) is 0.761. The van der Waals surface area contributed by atoms with E-state index in [-0.39, 0.29) is 12.5 Å². The van der Waals surface area contributed by atoms with Crippen molar-refractivity contribution < 1.29 is 19.4 Å². The van der Waals surface area contributed by atoms with E-state index in [0.717, 1.165) is 4.90 Å². The zero-order chi connectivity index (χ0) is 11.8. The number of carbonyl (C=O) groups excluding carboxylic acids is 2. The quantitative estimate of drug-likeness (QED) is 0.647. The van der Waals surface area contributed by atoms with Crippen molar-refractivity contribution in [3.05, 3.63) is 0 Å². The number of aliphatic hydroxyl groups excluding tert-OH is 1. The first-order chi connectivity index (χ1) is 6.72. The number of amides is 2. The molecule has 2 amide bonds. The van der Waals surface area contributed by atoms with Gasteiger partial charge in [0.05, 0.1) is 0 Å². The van der Waals surface area contributed by atoms with Crippen molar-refractivity contribution in [2.75, 3.05) is 6.54 Å². The number of nitrogens with zero attached hydrogens (tertiary/aromatic N) is 1. The smallest absolute Gasteiger partial charge is 0.417 e. The van der Waals surface area contributed by atoms with Crippen LogP contribution in [0, 0.1) is 5.92 Å². The molecule has 0 aromatic heterocycles. The van der Waals surface area contributed by atoms with Gasteiger partial charge in [0.1, 0.15) is 11.7 Å². The van der Waals surface area contributed by atoms with Crippen molar-refractivity contribution in [3.8, 4) is 0 Å². The minimum atomic E-state index is -1.09. The molecule has 5 heteroatoms. The lowest BCUT2D eigenvalue weighted by molar-refractivity contribution is -0.134. The minimum absolute atomic E-state index is 0.217. The molecule has 1 N–H and O–H groups in total. The molecule has 0 aromatic rings. The number of rotatable bonds is 0. The van der Waals surface area contributed by atoms with Crippen molar-refractivity contribution in [1.29, 1.82) is 0 Å². The Morgan fingerprint density at radius 1 is 1.53 bits per heavy atom. The molecule has 86 valence electrons. The third kappa shape index (κ3) is 2.68. The Balaban J connectivity index is 2.67. The maximum absolute atomic E-state index is 11.5. The monoisotopic (exact) mass is 215 g/mol. The standard InChI is InChI=1S/C10H17NO4/c1-6-5-11(8(13)7(6)12)9(14)15-10(2,3)4/h6-7,12H,5H2,1-4H3. The summed E-state index contributed by atoms with van der Waals surface area (Å²) < 4.78 is 5.04. The van der Waals surface area contributed by atoms with E-state index in [1.54, 1.807) is 27.7 Å². The third-order valence-electron chi connectivity index (χ3n) is 2.14. The van der Waals surface area contributed by atoms with Gasteiger partial charge >= 0.3 is 6.09 Å². The maximum Gasteiger partial charge on any atom is 0.417 e. The van der Waals surface area contributed by atoms with E-state index in [9.17, 15) is 14.7 Å². The molecule has 1 rings (SSSR count). The lowest BCUT2D eigenvalue weighted by Crippen LogP contribution is -2.39. The fourth-order valence-electron chi connectivity index (χ4n) is 1.36. The first-order valence-electron chi connectivity index (χ1n) is 4.95. The van der Waals surface area contributed by atoms with Crippen LogP contribution in [-0.2, 0) is 9.53 Å². The number of hydrogen-bond donors (Lipinski definition) is 1. The summed E-state index contributed by atoms with van der Waals surface area (Å²) in [5.74, 6) is -0.804. The molecular weight excluding hydrogens is 198 g/mol. The molecule has 2 unspecified atom stereocenters. The Hall–Kier alpha value is -1.10. The molecule has 0 spiro atoms. The number of likely N-dealkylation sites (tertiary alicyclic amines) is 1. The molecule has 1 heterocycles. The number of hydrogen-bond acceptors (Lipinski definition) is 4. The molecule has 2 atom stereocenters. The van der Waals surface area contributed by atoms with Gasteiger partial charge in [-0.1, -0.05) is 6.92 Å². The van der Waals surface area contributed by atoms with Gasteiger partial charge in [-0.05, 0) is 20.8 Å². The number of aliphatic hydroxyl groups is 1. The van der Waals surface area contributed by atoms with E-state index in [2.05, 4.69) is 0 Å². The Labute approximate surface area is 89.0 Å². The highest BCUT2D eigenvalue weighted by molar-refractivity contribution is 5.96. The van der Waals surface area contributed by atoms with Gasteiger partial charge in [0.15, 0.2) is 0 Å². The van der Waals surface area contributed by atoms with E-state index < -0.39 is 23.7 Å². The minimum Gasteiger partial charge on any atom is -0.443 e. The Bertz CT molecular complexity index is 282. The first kappa shape index (κ1) is 12.0. The molecule has 0 saturated carbocycles. The molecule has 5 nitrogen and oxygen atoms in total. The molecule has 0 aromatic carbocycles. The number of carbonyl (C=O) groups is 2. The Morgan fingerprint density at radius 2 is 2.07 bits per heavy atom. The molecule has 1 saturated heterocycles. The molecule has 1 fully saturated rings. The number of ether oxygens (including phenoxy) is 1. The lowest BCUT2D eigenvalue weighted by atomic mass is 10.1. The normalized spacial score (nSPS) is 27.0. The van der Waals surface area contributed by atoms with Crippen LogP contribution in [0.1, 0.15) is 27.7 Å². The van der Waals surface area contributed by atoms with Gasteiger partial charge in [0.2, 0.25) is 0 Å². The molecule has 1 aliphatic rings. The zero-order valence-corrected chi connectivity index (χ0v) is 9.48. The van der Waals surface area contributed by atoms with E-state index in [1.807, 2.05) is 0 Å².